The molecule has 0 bridgehead atoms. The van der Waals surface area contributed by atoms with E-state index in [4.69, 9.17) is 9.47 Å². The van der Waals surface area contributed by atoms with E-state index in [0.29, 0.717) is 6.61 Å². The zero-order valence-electron chi connectivity index (χ0n) is 7.83. The van der Waals surface area contributed by atoms with Crippen LogP contribution in [0.4, 0.5) is 4.79 Å². The molecule has 4 nitrogen and oxygen atoms in total. The van der Waals surface area contributed by atoms with E-state index < -0.39 is 6.16 Å². The Kier molecular flexibility index (Phi) is 6.47. The lowest BCUT2D eigenvalue weighted by Gasteiger charge is -2.12. The maximum atomic E-state index is 10.7. The SMILES string of the molecule is CCOC(=O)OCC(CC)OC. The molecule has 1 unspecified atom stereocenters. The van der Waals surface area contributed by atoms with E-state index in [2.05, 4.69) is 4.74 Å². The molecule has 0 amide bonds. The number of hydrogen-bond acceptors (Lipinski definition) is 4. The van der Waals surface area contributed by atoms with Crippen molar-refractivity contribution in [3.63, 3.8) is 0 Å². The van der Waals surface area contributed by atoms with Gasteiger partial charge in [-0.25, -0.2) is 4.79 Å². The highest BCUT2D eigenvalue weighted by Gasteiger charge is 2.08. The molecule has 0 aliphatic heterocycles. The van der Waals surface area contributed by atoms with Gasteiger partial charge >= 0.3 is 6.16 Å². The molecule has 0 aromatic heterocycles. The third-order valence-corrected chi connectivity index (χ3v) is 1.44. The monoisotopic (exact) mass is 176 g/mol. The molecule has 0 aliphatic carbocycles. The first kappa shape index (κ1) is 11.2. The summed E-state index contributed by atoms with van der Waals surface area (Å²) in [5.74, 6) is 0. The van der Waals surface area contributed by atoms with E-state index in [0.717, 1.165) is 6.42 Å². The molecule has 4 heteroatoms. The Morgan fingerprint density at radius 2 is 2.00 bits per heavy atom. The van der Waals surface area contributed by atoms with E-state index in [-0.39, 0.29) is 12.7 Å². The van der Waals surface area contributed by atoms with Crippen LogP contribution in [-0.4, -0.2) is 32.6 Å². The van der Waals surface area contributed by atoms with Crippen molar-refractivity contribution in [1.29, 1.82) is 0 Å². The van der Waals surface area contributed by atoms with Crippen molar-refractivity contribution in [3.8, 4) is 0 Å². The Bertz CT molecular complexity index is 120. The summed E-state index contributed by atoms with van der Waals surface area (Å²) in [6, 6.07) is 0. The summed E-state index contributed by atoms with van der Waals surface area (Å²) >= 11 is 0. The summed E-state index contributed by atoms with van der Waals surface area (Å²) in [4.78, 5) is 10.7. The average Bonchev–Trinajstić information content (AvgIpc) is 2.07. The minimum Gasteiger partial charge on any atom is -0.435 e. The zero-order valence-corrected chi connectivity index (χ0v) is 7.83. The van der Waals surface area contributed by atoms with Gasteiger partial charge in [-0.2, -0.15) is 0 Å². The quantitative estimate of drug-likeness (QED) is 0.596. The van der Waals surface area contributed by atoms with Crippen molar-refractivity contribution < 1.29 is 19.0 Å². The smallest absolute Gasteiger partial charge is 0.435 e. The van der Waals surface area contributed by atoms with Gasteiger partial charge in [-0.05, 0) is 13.3 Å². The summed E-state index contributed by atoms with van der Waals surface area (Å²) in [7, 11) is 1.59. The molecule has 0 fully saturated rings. The fourth-order valence-corrected chi connectivity index (χ4v) is 0.673. The van der Waals surface area contributed by atoms with Crippen LogP contribution in [0.3, 0.4) is 0 Å². The van der Waals surface area contributed by atoms with Gasteiger partial charge in [0, 0.05) is 7.11 Å². The van der Waals surface area contributed by atoms with E-state index in [9.17, 15) is 4.79 Å². The highest BCUT2D eigenvalue weighted by molar-refractivity contribution is 5.59. The first-order valence-corrected chi connectivity index (χ1v) is 4.06. The molecule has 0 saturated heterocycles. The third kappa shape index (κ3) is 4.96. The highest BCUT2D eigenvalue weighted by Crippen LogP contribution is 1.97. The number of hydrogen-bond donors (Lipinski definition) is 0. The molecular weight excluding hydrogens is 160 g/mol. The highest BCUT2D eigenvalue weighted by atomic mass is 16.7. The number of carbonyl (C=O) groups excluding carboxylic acids is 1. The lowest BCUT2D eigenvalue weighted by atomic mass is 10.3. The topological polar surface area (TPSA) is 44.8 Å². The van der Waals surface area contributed by atoms with Crippen LogP contribution in [0.5, 0.6) is 0 Å². The second kappa shape index (κ2) is 6.91. The van der Waals surface area contributed by atoms with Crippen LogP contribution in [0.25, 0.3) is 0 Å². The molecule has 0 saturated carbocycles. The predicted octanol–water partition coefficient (Wildman–Crippen LogP) is 1.58. The standard InChI is InChI=1S/C8H16O4/c1-4-7(10-3)6-12-8(9)11-5-2/h7H,4-6H2,1-3H3. The van der Waals surface area contributed by atoms with Crippen molar-refractivity contribution in [3.05, 3.63) is 0 Å². The van der Waals surface area contributed by atoms with Crippen molar-refractivity contribution in [1.82, 2.24) is 0 Å². The number of rotatable bonds is 5. The zero-order chi connectivity index (χ0) is 9.40. The van der Waals surface area contributed by atoms with E-state index in [1.54, 1.807) is 14.0 Å². The maximum absolute atomic E-state index is 10.7. The molecule has 0 heterocycles. The molecular formula is C8H16O4. The largest absolute Gasteiger partial charge is 0.508 e. The van der Waals surface area contributed by atoms with Gasteiger partial charge < -0.3 is 14.2 Å². The second-order valence-electron chi connectivity index (χ2n) is 2.26. The second-order valence-corrected chi connectivity index (χ2v) is 2.26. The van der Waals surface area contributed by atoms with Gasteiger partial charge in [-0.15, -0.1) is 0 Å². The fraction of sp³-hybridized carbons (Fsp3) is 0.875. The van der Waals surface area contributed by atoms with Crippen LogP contribution in [0.2, 0.25) is 0 Å². The first-order valence-electron chi connectivity index (χ1n) is 4.06. The fourth-order valence-electron chi connectivity index (χ4n) is 0.673. The van der Waals surface area contributed by atoms with Gasteiger partial charge in [0.25, 0.3) is 0 Å². The van der Waals surface area contributed by atoms with Crippen LogP contribution < -0.4 is 0 Å². The van der Waals surface area contributed by atoms with Crippen molar-refractivity contribution in [2.75, 3.05) is 20.3 Å². The van der Waals surface area contributed by atoms with Gasteiger partial charge in [0.15, 0.2) is 0 Å². The lowest BCUT2D eigenvalue weighted by Crippen LogP contribution is -2.20. The molecule has 1 atom stereocenters. The molecule has 0 N–H and O–H groups in total. The summed E-state index contributed by atoms with van der Waals surface area (Å²) < 4.78 is 14.3. The number of methoxy groups -OCH3 is 1. The lowest BCUT2D eigenvalue weighted by molar-refractivity contribution is 0.00271. The average molecular weight is 176 g/mol. The van der Waals surface area contributed by atoms with Crippen LogP contribution in [0.1, 0.15) is 20.3 Å². The Morgan fingerprint density at radius 1 is 1.33 bits per heavy atom. The third-order valence-electron chi connectivity index (χ3n) is 1.44. The summed E-state index contributed by atoms with van der Waals surface area (Å²) in [6.45, 7) is 4.28. The van der Waals surface area contributed by atoms with Crippen LogP contribution in [0, 0.1) is 0 Å². The first-order chi connectivity index (χ1) is 5.74. The van der Waals surface area contributed by atoms with Gasteiger partial charge in [-0.3, -0.25) is 0 Å². The minimum absolute atomic E-state index is 0.0330. The Labute approximate surface area is 72.8 Å². The molecule has 0 rings (SSSR count). The molecule has 0 radical (unpaired) electrons. The molecule has 12 heavy (non-hydrogen) atoms. The van der Waals surface area contributed by atoms with Gasteiger partial charge in [0.05, 0.1) is 12.7 Å². The molecule has 0 aromatic rings. The van der Waals surface area contributed by atoms with E-state index >= 15 is 0 Å². The molecule has 0 aliphatic rings. The summed E-state index contributed by atoms with van der Waals surface area (Å²) in [5, 5.41) is 0. The van der Waals surface area contributed by atoms with Crippen molar-refractivity contribution in [2.45, 2.75) is 26.4 Å². The number of ether oxygens (including phenoxy) is 3. The minimum atomic E-state index is -0.631. The Morgan fingerprint density at radius 3 is 2.42 bits per heavy atom. The maximum Gasteiger partial charge on any atom is 0.508 e. The van der Waals surface area contributed by atoms with Crippen LogP contribution >= 0.6 is 0 Å². The van der Waals surface area contributed by atoms with Crippen LogP contribution in [-0.2, 0) is 14.2 Å². The molecule has 0 aromatic carbocycles. The Balaban J connectivity index is 3.44. The van der Waals surface area contributed by atoms with Crippen molar-refractivity contribution in [2.24, 2.45) is 0 Å². The van der Waals surface area contributed by atoms with Crippen molar-refractivity contribution >= 4 is 6.16 Å². The molecule has 72 valence electrons. The molecule has 0 spiro atoms. The normalized spacial score (nSPS) is 12.2. The van der Waals surface area contributed by atoms with Crippen LogP contribution in [0.15, 0.2) is 0 Å². The van der Waals surface area contributed by atoms with E-state index in [1.807, 2.05) is 6.92 Å². The summed E-state index contributed by atoms with van der Waals surface area (Å²) in [5.41, 5.74) is 0. The number of carbonyl (C=O) groups is 1. The Hall–Kier alpha value is -0.770. The van der Waals surface area contributed by atoms with Gasteiger partial charge in [0.2, 0.25) is 0 Å². The van der Waals surface area contributed by atoms with Gasteiger partial charge in [-0.1, -0.05) is 6.92 Å². The van der Waals surface area contributed by atoms with E-state index in [1.165, 1.54) is 0 Å². The summed E-state index contributed by atoms with van der Waals surface area (Å²) in [6.07, 6.45) is 0.151. The van der Waals surface area contributed by atoms with Gasteiger partial charge in [0.1, 0.15) is 6.61 Å². The predicted molar refractivity (Wildman–Crippen MR) is 44.1 cm³/mol.